The zero-order valence-corrected chi connectivity index (χ0v) is 11.9. The topological polar surface area (TPSA) is 83.0 Å². The van der Waals surface area contributed by atoms with Gasteiger partial charge in [-0.25, -0.2) is 4.98 Å². The molecule has 0 saturated heterocycles. The lowest BCUT2D eigenvalue weighted by Crippen LogP contribution is -2.14. The van der Waals surface area contributed by atoms with Crippen molar-refractivity contribution in [2.45, 2.75) is 44.1 Å². The zero-order chi connectivity index (χ0) is 14.0. The minimum Gasteiger partial charge on any atom is -0.481 e. The van der Waals surface area contributed by atoms with Gasteiger partial charge in [0.1, 0.15) is 10.9 Å². The number of aromatic nitrogens is 2. The summed E-state index contributed by atoms with van der Waals surface area (Å²) in [6.45, 7) is 3.94. The largest absolute Gasteiger partial charge is 0.481 e. The van der Waals surface area contributed by atoms with Gasteiger partial charge in [0.15, 0.2) is 0 Å². The van der Waals surface area contributed by atoms with Crippen LogP contribution in [0.15, 0.2) is 15.9 Å². The number of thioether (sulfide) groups is 1. The summed E-state index contributed by atoms with van der Waals surface area (Å²) in [7, 11) is 0. The molecule has 0 aliphatic heterocycles. The molecule has 2 N–H and O–H groups in total. The van der Waals surface area contributed by atoms with Crippen LogP contribution in [0.1, 0.15) is 44.9 Å². The highest BCUT2D eigenvalue weighted by atomic mass is 32.2. The SMILES string of the molecule is CC(C)c1nc(SCC2(CC(=O)O)CC2)cc(=O)[nH]1. The smallest absolute Gasteiger partial charge is 0.303 e. The molecular formula is C13H18N2O3S. The van der Waals surface area contributed by atoms with Gasteiger partial charge in [-0.05, 0) is 18.3 Å². The second kappa shape index (κ2) is 5.36. The van der Waals surface area contributed by atoms with Crippen LogP contribution in [-0.2, 0) is 4.79 Å². The molecule has 1 aliphatic carbocycles. The van der Waals surface area contributed by atoms with E-state index in [4.69, 9.17) is 5.11 Å². The summed E-state index contributed by atoms with van der Waals surface area (Å²) in [5, 5.41) is 9.55. The number of nitrogens with zero attached hydrogens (tertiary/aromatic N) is 1. The van der Waals surface area contributed by atoms with Gasteiger partial charge in [-0.3, -0.25) is 9.59 Å². The number of carbonyl (C=O) groups is 1. The summed E-state index contributed by atoms with van der Waals surface area (Å²) in [6.07, 6.45) is 2.11. The summed E-state index contributed by atoms with van der Waals surface area (Å²) in [4.78, 5) is 29.4. The fourth-order valence-electron chi connectivity index (χ4n) is 1.90. The van der Waals surface area contributed by atoms with Gasteiger partial charge in [0.2, 0.25) is 0 Å². The first kappa shape index (κ1) is 14.1. The van der Waals surface area contributed by atoms with E-state index in [1.165, 1.54) is 17.8 Å². The third kappa shape index (κ3) is 3.83. The van der Waals surface area contributed by atoms with Crippen molar-refractivity contribution in [2.24, 2.45) is 5.41 Å². The molecule has 104 valence electrons. The Kier molecular flexibility index (Phi) is 3.99. The molecule has 0 unspecified atom stereocenters. The quantitative estimate of drug-likeness (QED) is 0.617. The lowest BCUT2D eigenvalue weighted by molar-refractivity contribution is -0.138. The molecule has 1 fully saturated rings. The number of hydrogen-bond acceptors (Lipinski definition) is 4. The first-order valence-electron chi connectivity index (χ1n) is 6.36. The molecular weight excluding hydrogens is 264 g/mol. The third-order valence-corrected chi connectivity index (χ3v) is 4.55. The number of hydrogen-bond donors (Lipinski definition) is 2. The van der Waals surface area contributed by atoms with E-state index in [2.05, 4.69) is 9.97 Å². The minimum atomic E-state index is -0.750. The predicted molar refractivity (Wildman–Crippen MR) is 73.6 cm³/mol. The molecule has 0 bridgehead atoms. The second-order valence-electron chi connectivity index (χ2n) is 5.48. The van der Waals surface area contributed by atoms with Gasteiger partial charge in [-0.1, -0.05) is 13.8 Å². The number of aliphatic carboxylic acids is 1. The Morgan fingerprint density at radius 3 is 2.79 bits per heavy atom. The highest BCUT2D eigenvalue weighted by Crippen LogP contribution is 2.51. The average molecular weight is 282 g/mol. The first-order chi connectivity index (χ1) is 8.90. The number of carboxylic acids is 1. The second-order valence-corrected chi connectivity index (χ2v) is 6.48. The van der Waals surface area contributed by atoms with Crippen molar-refractivity contribution in [2.75, 3.05) is 5.75 Å². The third-order valence-electron chi connectivity index (χ3n) is 3.29. The Hall–Kier alpha value is -1.30. The van der Waals surface area contributed by atoms with Crippen molar-refractivity contribution < 1.29 is 9.90 Å². The van der Waals surface area contributed by atoms with E-state index in [1.807, 2.05) is 13.8 Å². The molecule has 1 aliphatic rings. The zero-order valence-electron chi connectivity index (χ0n) is 11.1. The van der Waals surface area contributed by atoms with Crippen LogP contribution in [0.2, 0.25) is 0 Å². The summed E-state index contributed by atoms with van der Waals surface area (Å²) in [6, 6.07) is 1.48. The maximum absolute atomic E-state index is 11.5. The Labute approximate surface area is 115 Å². The van der Waals surface area contributed by atoms with E-state index in [0.29, 0.717) is 16.6 Å². The summed E-state index contributed by atoms with van der Waals surface area (Å²) in [5.74, 6) is 0.813. The lowest BCUT2D eigenvalue weighted by atomic mass is 10.1. The fraction of sp³-hybridized carbons (Fsp3) is 0.615. The van der Waals surface area contributed by atoms with Gasteiger partial charge in [0.25, 0.3) is 5.56 Å². The van der Waals surface area contributed by atoms with Crippen LogP contribution in [0.25, 0.3) is 0 Å². The predicted octanol–water partition coefficient (Wildman–Crippen LogP) is 2.24. The number of rotatable bonds is 6. The minimum absolute atomic E-state index is 0.0845. The van der Waals surface area contributed by atoms with E-state index in [0.717, 1.165) is 12.8 Å². The Morgan fingerprint density at radius 2 is 2.26 bits per heavy atom. The summed E-state index contributed by atoms with van der Waals surface area (Å²) in [5.41, 5.74) is -0.233. The normalized spacial score (nSPS) is 16.6. The van der Waals surface area contributed by atoms with Crippen molar-refractivity contribution in [3.05, 3.63) is 22.2 Å². The van der Waals surface area contributed by atoms with Gasteiger partial charge in [0, 0.05) is 17.7 Å². The summed E-state index contributed by atoms with van der Waals surface area (Å²) < 4.78 is 0. The lowest BCUT2D eigenvalue weighted by Gasteiger charge is -2.12. The monoisotopic (exact) mass is 282 g/mol. The highest BCUT2D eigenvalue weighted by Gasteiger charge is 2.44. The number of aromatic amines is 1. The van der Waals surface area contributed by atoms with Crippen LogP contribution < -0.4 is 5.56 Å². The number of carboxylic acid groups (broad SMARTS) is 1. The Bertz CT molecular complexity index is 535. The molecule has 0 amide bonds. The van der Waals surface area contributed by atoms with Gasteiger partial charge in [-0.15, -0.1) is 11.8 Å². The van der Waals surface area contributed by atoms with Crippen LogP contribution in [-0.4, -0.2) is 26.8 Å². The first-order valence-corrected chi connectivity index (χ1v) is 7.35. The van der Waals surface area contributed by atoms with Crippen LogP contribution >= 0.6 is 11.8 Å². The molecule has 0 radical (unpaired) electrons. The van der Waals surface area contributed by atoms with Crippen molar-refractivity contribution in [1.29, 1.82) is 0 Å². The molecule has 19 heavy (non-hydrogen) atoms. The molecule has 5 nitrogen and oxygen atoms in total. The van der Waals surface area contributed by atoms with Crippen molar-refractivity contribution in [3.8, 4) is 0 Å². The molecule has 1 aromatic heterocycles. The van der Waals surface area contributed by atoms with Crippen molar-refractivity contribution >= 4 is 17.7 Å². The Balaban J connectivity index is 2.04. The number of nitrogens with one attached hydrogen (secondary N) is 1. The van der Waals surface area contributed by atoms with Gasteiger partial charge in [0.05, 0.1) is 6.42 Å². The van der Waals surface area contributed by atoms with E-state index in [-0.39, 0.29) is 23.3 Å². The van der Waals surface area contributed by atoms with Crippen LogP contribution in [0.4, 0.5) is 0 Å². The van der Waals surface area contributed by atoms with Crippen LogP contribution in [0, 0.1) is 5.41 Å². The summed E-state index contributed by atoms with van der Waals surface area (Å²) >= 11 is 1.48. The standard InChI is InChI=1S/C13H18N2O3S/c1-8(2)12-14-9(16)5-10(15-12)19-7-13(3-4-13)6-11(17)18/h5,8H,3-4,6-7H2,1-2H3,(H,17,18)(H,14,15,16). The maximum Gasteiger partial charge on any atom is 0.303 e. The van der Waals surface area contributed by atoms with Gasteiger partial charge < -0.3 is 10.1 Å². The van der Waals surface area contributed by atoms with Crippen molar-refractivity contribution in [1.82, 2.24) is 9.97 Å². The highest BCUT2D eigenvalue weighted by molar-refractivity contribution is 7.99. The Morgan fingerprint density at radius 1 is 1.58 bits per heavy atom. The maximum atomic E-state index is 11.5. The van der Waals surface area contributed by atoms with E-state index in [1.54, 1.807) is 0 Å². The molecule has 0 spiro atoms. The molecule has 1 heterocycles. The molecule has 0 aromatic carbocycles. The molecule has 1 aromatic rings. The van der Waals surface area contributed by atoms with Crippen LogP contribution in [0.5, 0.6) is 0 Å². The van der Waals surface area contributed by atoms with Crippen molar-refractivity contribution in [3.63, 3.8) is 0 Å². The van der Waals surface area contributed by atoms with E-state index >= 15 is 0 Å². The van der Waals surface area contributed by atoms with Gasteiger partial charge in [-0.2, -0.15) is 0 Å². The van der Waals surface area contributed by atoms with E-state index < -0.39 is 5.97 Å². The average Bonchev–Trinajstić information content (AvgIpc) is 3.05. The van der Waals surface area contributed by atoms with E-state index in [9.17, 15) is 9.59 Å². The molecule has 6 heteroatoms. The fourth-order valence-corrected chi connectivity index (χ4v) is 3.10. The number of H-pyrrole nitrogens is 1. The molecule has 2 rings (SSSR count). The molecule has 0 atom stereocenters. The van der Waals surface area contributed by atoms with Crippen LogP contribution in [0.3, 0.4) is 0 Å². The van der Waals surface area contributed by atoms with Gasteiger partial charge >= 0.3 is 5.97 Å². The molecule has 1 saturated carbocycles.